The van der Waals surface area contributed by atoms with Gasteiger partial charge in [0.1, 0.15) is 12.1 Å². The molecule has 7 nitrogen and oxygen atoms in total. The number of aromatic amines is 1. The summed E-state index contributed by atoms with van der Waals surface area (Å²) < 4.78 is 59.6. The minimum atomic E-state index is -4.73. The fourth-order valence-electron chi connectivity index (χ4n) is 1.12. The molecule has 102 valence electrons. The van der Waals surface area contributed by atoms with Gasteiger partial charge in [0, 0.05) is 7.05 Å². The average molecular weight is 287 g/mol. The van der Waals surface area contributed by atoms with Gasteiger partial charge < -0.3 is 5.11 Å². The Morgan fingerprint density at radius 1 is 1.56 bits per heavy atom. The molecule has 1 heterocycles. The number of carboxylic acid groups (broad SMARTS) is 1. The molecule has 0 unspecified atom stereocenters. The molecule has 18 heavy (non-hydrogen) atoms. The molecular weight excluding hydrogens is 279 g/mol. The lowest BCUT2D eigenvalue weighted by Gasteiger charge is -2.17. The summed E-state index contributed by atoms with van der Waals surface area (Å²) in [5.41, 5.74) is -0.718. The van der Waals surface area contributed by atoms with Crippen molar-refractivity contribution < 1.29 is 31.5 Å². The topological polar surface area (TPSA) is 103 Å². The predicted molar refractivity (Wildman–Crippen MR) is 51.4 cm³/mol. The van der Waals surface area contributed by atoms with Crippen LogP contribution >= 0.6 is 0 Å². The molecule has 0 atom stereocenters. The largest absolute Gasteiger partial charge is 0.478 e. The minimum Gasteiger partial charge on any atom is -0.478 e. The number of carboxylic acids is 1. The molecule has 0 fully saturated rings. The normalized spacial score (nSPS) is 12.9. The molecule has 0 aromatic carbocycles. The molecule has 1 rings (SSSR count). The van der Waals surface area contributed by atoms with E-state index in [9.17, 15) is 26.4 Å². The van der Waals surface area contributed by atoms with Crippen LogP contribution in [-0.4, -0.2) is 53.8 Å². The van der Waals surface area contributed by atoms with Crippen LogP contribution in [-0.2, 0) is 10.0 Å². The van der Waals surface area contributed by atoms with E-state index >= 15 is 0 Å². The maximum Gasteiger partial charge on any atom is 0.402 e. The number of nitrogens with one attached hydrogen (secondary N) is 1. The zero-order valence-electron chi connectivity index (χ0n) is 8.89. The molecule has 1 aromatic heterocycles. The number of sulfonamides is 1. The van der Waals surface area contributed by atoms with Gasteiger partial charge in [0.15, 0.2) is 5.03 Å². The van der Waals surface area contributed by atoms with Gasteiger partial charge in [0.25, 0.3) is 10.0 Å². The quantitative estimate of drug-likeness (QED) is 0.828. The third-order valence-corrected chi connectivity index (χ3v) is 3.68. The highest BCUT2D eigenvalue weighted by molar-refractivity contribution is 7.89. The first kappa shape index (κ1) is 14.4. The summed E-state index contributed by atoms with van der Waals surface area (Å²) in [6.45, 7) is -1.73. The molecular formula is C7H8F3N3O4S. The summed E-state index contributed by atoms with van der Waals surface area (Å²) in [6.07, 6.45) is -4.03. The third-order valence-electron chi connectivity index (χ3n) is 1.90. The highest BCUT2D eigenvalue weighted by atomic mass is 32.2. The van der Waals surface area contributed by atoms with Gasteiger partial charge in [-0.05, 0) is 0 Å². The first-order valence-electron chi connectivity index (χ1n) is 4.35. The number of nitrogens with zero attached hydrogens (tertiary/aromatic N) is 2. The standard InChI is InChI=1S/C7H8F3N3O4S/c1-13(3-7(8,9)10)18(16,17)5-4(6(14)15)2-11-12-5/h2H,3H2,1H3,(H,11,12)(H,14,15). The molecule has 0 spiro atoms. The van der Waals surface area contributed by atoms with Crippen LogP contribution < -0.4 is 0 Å². The van der Waals surface area contributed by atoms with Crippen molar-refractivity contribution in [1.29, 1.82) is 0 Å². The Morgan fingerprint density at radius 2 is 2.11 bits per heavy atom. The first-order valence-corrected chi connectivity index (χ1v) is 5.79. The molecule has 0 aliphatic heterocycles. The van der Waals surface area contributed by atoms with Gasteiger partial charge >= 0.3 is 12.1 Å². The molecule has 0 aliphatic rings. The molecule has 0 aliphatic carbocycles. The van der Waals surface area contributed by atoms with Crippen LogP contribution in [0.25, 0.3) is 0 Å². The number of rotatable bonds is 4. The average Bonchev–Trinajstić information content (AvgIpc) is 2.63. The second-order valence-corrected chi connectivity index (χ2v) is 5.28. The highest BCUT2D eigenvalue weighted by Crippen LogP contribution is 2.21. The summed E-state index contributed by atoms with van der Waals surface area (Å²) in [5.74, 6) is -1.61. The van der Waals surface area contributed by atoms with E-state index < -0.39 is 39.3 Å². The van der Waals surface area contributed by atoms with Gasteiger partial charge in [-0.1, -0.05) is 0 Å². The van der Waals surface area contributed by atoms with Gasteiger partial charge in [-0.3, -0.25) is 5.10 Å². The summed E-state index contributed by atoms with van der Waals surface area (Å²) in [4.78, 5) is 10.7. The Bertz CT molecular complexity index is 551. The monoisotopic (exact) mass is 287 g/mol. The van der Waals surface area contributed by atoms with Crippen molar-refractivity contribution in [2.75, 3.05) is 13.6 Å². The lowest BCUT2D eigenvalue weighted by Crippen LogP contribution is -2.36. The Balaban J connectivity index is 3.14. The van der Waals surface area contributed by atoms with E-state index in [0.29, 0.717) is 13.2 Å². The summed E-state index contributed by atoms with van der Waals surface area (Å²) in [6, 6.07) is 0. The number of aromatic nitrogens is 2. The maximum atomic E-state index is 12.1. The molecule has 0 amide bonds. The second kappa shape index (κ2) is 4.57. The number of hydrogen-bond acceptors (Lipinski definition) is 4. The van der Waals surface area contributed by atoms with Gasteiger partial charge in [-0.15, -0.1) is 0 Å². The second-order valence-electron chi connectivity index (χ2n) is 3.29. The van der Waals surface area contributed by atoms with Crippen molar-refractivity contribution >= 4 is 16.0 Å². The van der Waals surface area contributed by atoms with Gasteiger partial charge in [-0.2, -0.15) is 22.6 Å². The van der Waals surface area contributed by atoms with Crippen molar-refractivity contribution in [3.63, 3.8) is 0 Å². The molecule has 0 saturated carbocycles. The number of halogens is 3. The van der Waals surface area contributed by atoms with E-state index in [4.69, 9.17) is 5.11 Å². The van der Waals surface area contributed by atoms with Crippen LogP contribution in [0, 0.1) is 0 Å². The summed E-state index contributed by atoms with van der Waals surface area (Å²) >= 11 is 0. The van der Waals surface area contributed by atoms with Crippen LogP contribution in [0.4, 0.5) is 13.2 Å². The third kappa shape index (κ3) is 2.98. The fraction of sp³-hybridized carbons (Fsp3) is 0.429. The zero-order valence-corrected chi connectivity index (χ0v) is 9.71. The predicted octanol–water partition coefficient (Wildman–Crippen LogP) is 0.291. The van der Waals surface area contributed by atoms with Crippen molar-refractivity contribution in [3.05, 3.63) is 11.8 Å². The van der Waals surface area contributed by atoms with Crippen molar-refractivity contribution in [2.45, 2.75) is 11.2 Å². The molecule has 0 radical (unpaired) electrons. The Morgan fingerprint density at radius 3 is 2.56 bits per heavy atom. The van der Waals surface area contributed by atoms with Crippen LogP contribution in [0.3, 0.4) is 0 Å². The number of H-pyrrole nitrogens is 1. The number of hydrogen-bond donors (Lipinski definition) is 2. The van der Waals surface area contributed by atoms with Crippen molar-refractivity contribution in [3.8, 4) is 0 Å². The summed E-state index contributed by atoms with van der Waals surface area (Å²) in [7, 11) is -3.90. The summed E-state index contributed by atoms with van der Waals surface area (Å²) in [5, 5.41) is 12.8. The molecule has 1 aromatic rings. The fourth-order valence-corrected chi connectivity index (χ4v) is 2.33. The lowest BCUT2D eigenvalue weighted by atomic mass is 10.4. The van der Waals surface area contributed by atoms with E-state index in [-0.39, 0.29) is 4.31 Å². The SMILES string of the molecule is CN(CC(F)(F)F)S(=O)(=O)c1[nH]ncc1C(=O)O. The molecule has 0 saturated heterocycles. The molecule has 11 heteroatoms. The number of alkyl halides is 3. The van der Waals surface area contributed by atoms with E-state index in [2.05, 4.69) is 5.10 Å². The maximum absolute atomic E-state index is 12.1. The number of carbonyl (C=O) groups is 1. The van der Waals surface area contributed by atoms with Gasteiger partial charge in [0.05, 0.1) is 6.20 Å². The number of aromatic carboxylic acids is 1. The van der Waals surface area contributed by atoms with E-state index in [1.807, 2.05) is 5.10 Å². The minimum absolute atomic E-state index is 0.00699. The Kier molecular flexibility index (Phi) is 3.67. The smallest absolute Gasteiger partial charge is 0.402 e. The van der Waals surface area contributed by atoms with Crippen LogP contribution in [0.5, 0.6) is 0 Å². The van der Waals surface area contributed by atoms with E-state index in [0.717, 1.165) is 0 Å². The van der Waals surface area contributed by atoms with E-state index in [1.165, 1.54) is 0 Å². The van der Waals surface area contributed by atoms with E-state index in [1.54, 1.807) is 0 Å². The van der Waals surface area contributed by atoms with Crippen LogP contribution in [0.1, 0.15) is 10.4 Å². The highest BCUT2D eigenvalue weighted by Gasteiger charge is 2.37. The zero-order chi connectivity index (χ0) is 14.1. The van der Waals surface area contributed by atoms with Gasteiger partial charge in [0.2, 0.25) is 0 Å². The van der Waals surface area contributed by atoms with Crippen LogP contribution in [0.2, 0.25) is 0 Å². The molecule has 2 N–H and O–H groups in total. The first-order chi connectivity index (χ1) is 8.05. The van der Waals surface area contributed by atoms with Crippen molar-refractivity contribution in [2.24, 2.45) is 0 Å². The Hall–Kier alpha value is -1.62. The van der Waals surface area contributed by atoms with Gasteiger partial charge in [-0.25, -0.2) is 13.2 Å². The van der Waals surface area contributed by atoms with Crippen LogP contribution in [0.15, 0.2) is 11.2 Å². The molecule has 0 bridgehead atoms. The van der Waals surface area contributed by atoms with Crippen molar-refractivity contribution in [1.82, 2.24) is 14.5 Å². The Labute approximate surface area is 99.3 Å². The lowest BCUT2D eigenvalue weighted by molar-refractivity contribution is -0.134.